The van der Waals surface area contributed by atoms with Crippen molar-refractivity contribution in [1.82, 2.24) is 0 Å². The highest BCUT2D eigenvalue weighted by Gasteiger charge is 2.43. The van der Waals surface area contributed by atoms with Gasteiger partial charge in [-0.15, -0.1) is 0 Å². The molecule has 3 rings (SSSR count). The predicted octanol–water partition coefficient (Wildman–Crippen LogP) is 4.33. The maximum Gasteiger partial charge on any atom is 0.0438 e. The molecule has 1 aliphatic rings. The zero-order valence-corrected chi connectivity index (χ0v) is 12.3. The first kappa shape index (κ1) is 13.7. The third-order valence-corrected chi connectivity index (χ3v) is 5.07. The van der Waals surface area contributed by atoms with Crippen molar-refractivity contribution in [2.24, 2.45) is 5.73 Å². The van der Waals surface area contributed by atoms with Crippen LogP contribution >= 0.6 is 11.6 Å². The summed E-state index contributed by atoms with van der Waals surface area (Å²) in [5.41, 5.74) is 9.26. The van der Waals surface area contributed by atoms with Crippen molar-refractivity contribution in [3.8, 4) is 0 Å². The van der Waals surface area contributed by atoms with E-state index in [0.29, 0.717) is 0 Å². The van der Waals surface area contributed by atoms with Gasteiger partial charge in [0.15, 0.2) is 0 Å². The Bertz CT molecular complexity index is 575. The average Bonchev–Trinajstić information content (AvgIpc) is 2.41. The van der Waals surface area contributed by atoms with E-state index in [1.54, 1.807) is 0 Å². The lowest BCUT2D eigenvalue weighted by molar-refractivity contribution is 0.194. The fraction of sp³-hybridized carbons (Fsp3) is 0.333. The zero-order valence-electron chi connectivity index (χ0n) is 11.6. The predicted molar refractivity (Wildman–Crippen MR) is 85.1 cm³/mol. The van der Waals surface area contributed by atoms with E-state index < -0.39 is 0 Å². The normalized spacial score (nSPS) is 18.3. The standard InChI is InChI=1S/C18H20ClN/c19-16-10-5-4-7-14(16)13-17(20)18(11-6-12-18)15-8-2-1-3-9-15/h1-5,7-10,17H,6,11-13,20H2. The van der Waals surface area contributed by atoms with Crippen LogP contribution in [0.5, 0.6) is 0 Å². The van der Waals surface area contributed by atoms with Gasteiger partial charge < -0.3 is 5.73 Å². The molecule has 2 aromatic rings. The molecule has 1 saturated carbocycles. The lowest BCUT2D eigenvalue weighted by atomic mass is 9.59. The molecule has 0 spiro atoms. The zero-order chi connectivity index (χ0) is 14.0. The Kier molecular flexibility index (Phi) is 3.82. The van der Waals surface area contributed by atoms with E-state index in [1.165, 1.54) is 24.8 Å². The summed E-state index contributed by atoms with van der Waals surface area (Å²) in [5.74, 6) is 0. The second-order valence-corrected chi connectivity index (χ2v) is 6.18. The molecule has 20 heavy (non-hydrogen) atoms. The molecule has 1 fully saturated rings. The summed E-state index contributed by atoms with van der Waals surface area (Å²) in [6, 6.07) is 18.9. The van der Waals surface area contributed by atoms with Crippen LogP contribution in [-0.4, -0.2) is 6.04 Å². The number of halogens is 1. The molecule has 0 radical (unpaired) electrons. The molecule has 0 bridgehead atoms. The van der Waals surface area contributed by atoms with Crippen LogP contribution in [0.3, 0.4) is 0 Å². The van der Waals surface area contributed by atoms with Crippen molar-refractivity contribution in [2.75, 3.05) is 0 Å². The SMILES string of the molecule is NC(Cc1ccccc1Cl)C1(c2ccccc2)CCC1. The summed E-state index contributed by atoms with van der Waals surface area (Å²) >= 11 is 6.27. The highest BCUT2D eigenvalue weighted by atomic mass is 35.5. The van der Waals surface area contributed by atoms with Crippen LogP contribution in [0.25, 0.3) is 0 Å². The van der Waals surface area contributed by atoms with Gasteiger partial charge in [-0.1, -0.05) is 66.6 Å². The lowest BCUT2D eigenvalue weighted by Gasteiger charge is -2.47. The summed E-state index contributed by atoms with van der Waals surface area (Å²) in [6.07, 6.45) is 4.48. The van der Waals surface area contributed by atoms with E-state index in [0.717, 1.165) is 17.0 Å². The monoisotopic (exact) mass is 285 g/mol. The smallest absolute Gasteiger partial charge is 0.0438 e. The van der Waals surface area contributed by atoms with Gasteiger partial charge in [0.2, 0.25) is 0 Å². The molecule has 0 aromatic heterocycles. The summed E-state index contributed by atoms with van der Waals surface area (Å²) in [7, 11) is 0. The van der Waals surface area contributed by atoms with Gasteiger partial charge >= 0.3 is 0 Å². The molecule has 2 aromatic carbocycles. The second kappa shape index (κ2) is 5.59. The van der Waals surface area contributed by atoms with Crippen LogP contribution in [0.1, 0.15) is 30.4 Å². The molecular weight excluding hydrogens is 266 g/mol. The molecule has 1 aliphatic carbocycles. The summed E-state index contributed by atoms with van der Waals surface area (Å²) < 4.78 is 0. The van der Waals surface area contributed by atoms with E-state index in [9.17, 15) is 0 Å². The van der Waals surface area contributed by atoms with Crippen molar-refractivity contribution >= 4 is 11.6 Å². The molecule has 1 unspecified atom stereocenters. The maximum atomic E-state index is 6.59. The van der Waals surface area contributed by atoms with E-state index in [2.05, 4.69) is 36.4 Å². The molecule has 1 atom stereocenters. The van der Waals surface area contributed by atoms with Crippen molar-refractivity contribution in [3.63, 3.8) is 0 Å². The quantitative estimate of drug-likeness (QED) is 0.889. The Morgan fingerprint density at radius 3 is 2.25 bits per heavy atom. The number of nitrogens with two attached hydrogens (primary N) is 1. The Morgan fingerprint density at radius 2 is 1.65 bits per heavy atom. The summed E-state index contributed by atoms with van der Waals surface area (Å²) in [5, 5.41) is 0.825. The van der Waals surface area contributed by atoms with Crippen LogP contribution in [0, 0.1) is 0 Å². The molecule has 2 N–H and O–H groups in total. The van der Waals surface area contributed by atoms with Crippen LogP contribution in [-0.2, 0) is 11.8 Å². The average molecular weight is 286 g/mol. The molecule has 0 heterocycles. The van der Waals surface area contributed by atoms with Crippen LogP contribution in [0.4, 0.5) is 0 Å². The molecule has 104 valence electrons. The third kappa shape index (κ3) is 2.36. The minimum Gasteiger partial charge on any atom is -0.327 e. The van der Waals surface area contributed by atoms with Gasteiger partial charge in [0.1, 0.15) is 0 Å². The molecule has 2 heteroatoms. The van der Waals surface area contributed by atoms with E-state index >= 15 is 0 Å². The van der Waals surface area contributed by atoms with E-state index in [-0.39, 0.29) is 11.5 Å². The largest absolute Gasteiger partial charge is 0.327 e. The van der Waals surface area contributed by atoms with Gasteiger partial charge in [-0.2, -0.15) is 0 Å². The molecule has 1 nitrogen and oxygen atoms in total. The lowest BCUT2D eigenvalue weighted by Crippen LogP contribution is -2.51. The van der Waals surface area contributed by atoms with Gasteiger partial charge in [-0.05, 0) is 36.5 Å². The van der Waals surface area contributed by atoms with Crippen molar-refractivity contribution in [3.05, 3.63) is 70.7 Å². The minimum atomic E-state index is 0.124. The van der Waals surface area contributed by atoms with Gasteiger partial charge in [0.25, 0.3) is 0 Å². The van der Waals surface area contributed by atoms with Crippen molar-refractivity contribution < 1.29 is 0 Å². The van der Waals surface area contributed by atoms with E-state index in [4.69, 9.17) is 17.3 Å². The first-order valence-corrected chi connectivity index (χ1v) is 7.65. The van der Waals surface area contributed by atoms with Gasteiger partial charge in [0.05, 0.1) is 0 Å². The molecule has 0 saturated heterocycles. The second-order valence-electron chi connectivity index (χ2n) is 5.78. The minimum absolute atomic E-state index is 0.124. The number of hydrogen-bond donors (Lipinski definition) is 1. The third-order valence-electron chi connectivity index (χ3n) is 4.70. The number of benzene rings is 2. The van der Waals surface area contributed by atoms with Crippen LogP contribution < -0.4 is 5.73 Å². The first-order valence-electron chi connectivity index (χ1n) is 7.27. The van der Waals surface area contributed by atoms with Gasteiger partial charge in [-0.3, -0.25) is 0 Å². The Hall–Kier alpha value is -1.31. The Morgan fingerprint density at radius 1 is 1.00 bits per heavy atom. The highest BCUT2D eigenvalue weighted by molar-refractivity contribution is 6.31. The first-order chi connectivity index (χ1) is 9.72. The van der Waals surface area contributed by atoms with Gasteiger partial charge in [-0.25, -0.2) is 0 Å². The Labute approximate surface area is 125 Å². The topological polar surface area (TPSA) is 26.0 Å². The summed E-state index contributed by atoms with van der Waals surface area (Å²) in [4.78, 5) is 0. The summed E-state index contributed by atoms with van der Waals surface area (Å²) in [6.45, 7) is 0. The van der Waals surface area contributed by atoms with E-state index in [1.807, 2.05) is 18.2 Å². The fourth-order valence-electron chi connectivity index (χ4n) is 3.30. The van der Waals surface area contributed by atoms with Gasteiger partial charge in [0, 0.05) is 16.5 Å². The molecule has 0 aliphatic heterocycles. The molecule has 0 amide bonds. The highest BCUT2D eigenvalue weighted by Crippen LogP contribution is 2.46. The maximum absolute atomic E-state index is 6.59. The Balaban J connectivity index is 1.85. The van der Waals surface area contributed by atoms with Crippen LogP contribution in [0.2, 0.25) is 5.02 Å². The fourth-order valence-corrected chi connectivity index (χ4v) is 3.51. The van der Waals surface area contributed by atoms with Crippen LogP contribution in [0.15, 0.2) is 54.6 Å². The van der Waals surface area contributed by atoms with Crippen molar-refractivity contribution in [2.45, 2.75) is 37.1 Å². The molecular formula is C18H20ClN. The van der Waals surface area contributed by atoms with Crippen molar-refractivity contribution in [1.29, 1.82) is 0 Å². The number of hydrogen-bond acceptors (Lipinski definition) is 1. The number of rotatable bonds is 4.